The summed E-state index contributed by atoms with van der Waals surface area (Å²) in [5.74, 6) is -0.203. The number of benzene rings is 1. The third-order valence-electron chi connectivity index (χ3n) is 4.63. The van der Waals surface area contributed by atoms with Gasteiger partial charge in [-0.05, 0) is 35.6 Å². The highest BCUT2D eigenvalue weighted by atomic mass is 32.1. The zero-order chi connectivity index (χ0) is 17.5. The summed E-state index contributed by atoms with van der Waals surface area (Å²) >= 11 is 1.79. The van der Waals surface area contributed by atoms with Crippen LogP contribution in [0.2, 0.25) is 0 Å². The summed E-state index contributed by atoms with van der Waals surface area (Å²) < 4.78 is 12.9. The van der Waals surface area contributed by atoms with Crippen LogP contribution in [0.25, 0.3) is 6.08 Å². The lowest BCUT2D eigenvalue weighted by molar-refractivity contribution is 0.0604. The van der Waals surface area contributed by atoms with Gasteiger partial charge < -0.3 is 5.11 Å². The second-order valence-electron chi connectivity index (χ2n) is 6.43. The first-order valence-corrected chi connectivity index (χ1v) is 9.64. The monoisotopic (exact) mass is 360 g/mol. The van der Waals surface area contributed by atoms with E-state index < -0.39 is 0 Å². The largest absolute Gasteiger partial charge is 0.396 e. The van der Waals surface area contributed by atoms with E-state index in [0.29, 0.717) is 6.04 Å². The summed E-state index contributed by atoms with van der Waals surface area (Å²) in [5, 5.41) is 11.5. The summed E-state index contributed by atoms with van der Waals surface area (Å²) in [4.78, 5) is 6.29. The molecule has 1 aromatic heterocycles. The summed E-state index contributed by atoms with van der Waals surface area (Å²) in [6.45, 7) is 5.10. The van der Waals surface area contributed by atoms with Crippen LogP contribution in [0.1, 0.15) is 16.9 Å². The van der Waals surface area contributed by atoms with E-state index in [1.54, 1.807) is 23.5 Å². The number of piperazine rings is 1. The molecule has 1 aliphatic rings. The molecule has 1 unspecified atom stereocenters. The smallest absolute Gasteiger partial charge is 0.123 e. The molecule has 25 heavy (non-hydrogen) atoms. The lowest BCUT2D eigenvalue weighted by atomic mass is 10.1. The van der Waals surface area contributed by atoms with Gasteiger partial charge in [-0.3, -0.25) is 9.80 Å². The highest BCUT2D eigenvalue weighted by molar-refractivity contribution is 7.09. The zero-order valence-electron chi connectivity index (χ0n) is 14.4. The van der Waals surface area contributed by atoms with Crippen molar-refractivity contribution in [3.8, 4) is 0 Å². The van der Waals surface area contributed by atoms with E-state index in [2.05, 4.69) is 33.4 Å². The van der Waals surface area contributed by atoms with Gasteiger partial charge in [0, 0.05) is 50.2 Å². The minimum Gasteiger partial charge on any atom is -0.396 e. The Hall–Kier alpha value is -1.53. The van der Waals surface area contributed by atoms with Gasteiger partial charge in [-0.2, -0.15) is 0 Å². The fourth-order valence-corrected chi connectivity index (χ4v) is 4.00. The van der Waals surface area contributed by atoms with Gasteiger partial charge in [-0.25, -0.2) is 4.39 Å². The van der Waals surface area contributed by atoms with Gasteiger partial charge in [-0.1, -0.05) is 30.4 Å². The van der Waals surface area contributed by atoms with Crippen molar-refractivity contribution in [1.29, 1.82) is 0 Å². The average molecular weight is 360 g/mol. The molecular weight excluding hydrogens is 335 g/mol. The van der Waals surface area contributed by atoms with E-state index in [1.807, 2.05) is 6.08 Å². The number of hydrogen-bond donors (Lipinski definition) is 1. The molecule has 0 radical (unpaired) electrons. The number of rotatable bonds is 7. The van der Waals surface area contributed by atoms with Crippen molar-refractivity contribution in [2.75, 3.05) is 32.8 Å². The van der Waals surface area contributed by atoms with Crippen molar-refractivity contribution in [1.82, 2.24) is 9.80 Å². The Morgan fingerprint density at radius 3 is 2.76 bits per heavy atom. The normalized spacial score (nSPS) is 19.7. The van der Waals surface area contributed by atoms with Crippen LogP contribution >= 0.6 is 11.3 Å². The van der Waals surface area contributed by atoms with Crippen LogP contribution < -0.4 is 0 Å². The van der Waals surface area contributed by atoms with Crippen molar-refractivity contribution in [3.63, 3.8) is 0 Å². The lowest BCUT2D eigenvalue weighted by Crippen LogP contribution is -2.52. The summed E-state index contributed by atoms with van der Waals surface area (Å²) in [6, 6.07) is 11.2. The Labute approximate surface area is 153 Å². The molecule has 3 nitrogen and oxygen atoms in total. The molecular formula is C20H25FN2OS. The molecule has 3 rings (SSSR count). The lowest BCUT2D eigenvalue weighted by Gasteiger charge is -2.41. The molecule has 2 heterocycles. The molecule has 1 N–H and O–H groups in total. The van der Waals surface area contributed by atoms with Gasteiger partial charge in [0.2, 0.25) is 0 Å². The number of thiophene rings is 1. The molecule has 0 aliphatic carbocycles. The minimum absolute atomic E-state index is 0.203. The Balaban J connectivity index is 1.53. The predicted octanol–water partition coefficient (Wildman–Crippen LogP) is 3.47. The average Bonchev–Trinajstić information content (AvgIpc) is 3.12. The second kappa shape index (κ2) is 9.25. The summed E-state index contributed by atoms with van der Waals surface area (Å²) in [6.07, 6.45) is 4.99. The molecule has 1 atom stereocenters. The number of nitrogens with zero attached hydrogens (tertiary/aromatic N) is 2. The first kappa shape index (κ1) is 18.3. The van der Waals surface area contributed by atoms with Gasteiger partial charge in [0.05, 0.1) is 0 Å². The number of aliphatic hydroxyl groups is 1. The number of hydrogen-bond acceptors (Lipinski definition) is 4. The van der Waals surface area contributed by atoms with Crippen molar-refractivity contribution in [2.45, 2.75) is 19.0 Å². The van der Waals surface area contributed by atoms with E-state index in [0.717, 1.165) is 44.7 Å². The van der Waals surface area contributed by atoms with E-state index in [-0.39, 0.29) is 12.4 Å². The maximum atomic E-state index is 12.9. The topological polar surface area (TPSA) is 26.7 Å². The van der Waals surface area contributed by atoms with Gasteiger partial charge in [0.25, 0.3) is 0 Å². The Morgan fingerprint density at radius 1 is 1.20 bits per heavy atom. The van der Waals surface area contributed by atoms with Crippen LogP contribution in [-0.2, 0) is 6.54 Å². The van der Waals surface area contributed by atoms with Crippen molar-refractivity contribution < 1.29 is 9.50 Å². The van der Waals surface area contributed by atoms with E-state index in [4.69, 9.17) is 0 Å². The van der Waals surface area contributed by atoms with Crippen LogP contribution in [0.4, 0.5) is 4.39 Å². The van der Waals surface area contributed by atoms with Gasteiger partial charge in [0.15, 0.2) is 0 Å². The molecule has 0 spiro atoms. The Bertz CT molecular complexity index is 657. The maximum absolute atomic E-state index is 12.9. The highest BCUT2D eigenvalue weighted by Gasteiger charge is 2.26. The van der Waals surface area contributed by atoms with Crippen LogP contribution in [0.15, 0.2) is 47.9 Å². The van der Waals surface area contributed by atoms with Crippen molar-refractivity contribution in [3.05, 3.63) is 64.1 Å². The van der Waals surface area contributed by atoms with Gasteiger partial charge in [-0.15, -0.1) is 11.3 Å². The zero-order valence-corrected chi connectivity index (χ0v) is 15.2. The summed E-state index contributed by atoms with van der Waals surface area (Å²) in [7, 11) is 0. The fourth-order valence-electron chi connectivity index (χ4n) is 3.27. The molecule has 1 saturated heterocycles. The number of halogens is 1. The summed E-state index contributed by atoms with van der Waals surface area (Å²) in [5.41, 5.74) is 1.02. The van der Waals surface area contributed by atoms with Crippen molar-refractivity contribution >= 4 is 17.4 Å². The van der Waals surface area contributed by atoms with E-state index in [9.17, 15) is 9.50 Å². The molecule has 2 aromatic rings. The Kier molecular flexibility index (Phi) is 6.76. The van der Waals surface area contributed by atoms with Crippen LogP contribution in [-0.4, -0.2) is 53.7 Å². The maximum Gasteiger partial charge on any atom is 0.123 e. The van der Waals surface area contributed by atoms with E-state index >= 15 is 0 Å². The highest BCUT2D eigenvalue weighted by Crippen LogP contribution is 2.19. The fraction of sp³-hybridized carbons (Fsp3) is 0.400. The SMILES string of the molecule is OCCC1CN(C/C=C/c2ccc(F)cc2)CCN1Cc1cccs1. The van der Waals surface area contributed by atoms with Crippen LogP contribution in [0.3, 0.4) is 0 Å². The van der Waals surface area contributed by atoms with Gasteiger partial charge >= 0.3 is 0 Å². The first-order valence-electron chi connectivity index (χ1n) is 8.76. The molecule has 0 bridgehead atoms. The van der Waals surface area contributed by atoms with Gasteiger partial charge in [0.1, 0.15) is 5.82 Å². The van der Waals surface area contributed by atoms with Crippen LogP contribution in [0.5, 0.6) is 0 Å². The third-order valence-corrected chi connectivity index (χ3v) is 5.50. The molecule has 1 aliphatic heterocycles. The van der Waals surface area contributed by atoms with E-state index in [1.165, 1.54) is 17.0 Å². The molecule has 5 heteroatoms. The molecule has 134 valence electrons. The van der Waals surface area contributed by atoms with Crippen molar-refractivity contribution in [2.24, 2.45) is 0 Å². The Morgan fingerprint density at radius 2 is 2.04 bits per heavy atom. The molecule has 0 amide bonds. The third kappa shape index (κ3) is 5.47. The number of aliphatic hydroxyl groups excluding tert-OH is 1. The quantitative estimate of drug-likeness (QED) is 0.819. The molecule has 1 fully saturated rings. The molecule has 1 aromatic carbocycles. The standard InChI is InChI=1S/C20H25FN2OS/c21-18-7-5-17(6-8-18)3-1-10-22-11-12-23(19(15-22)9-13-24)16-20-4-2-14-25-20/h1-8,14,19,24H,9-13,15-16H2/b3-1+. The second-order valence-corrected chi connectivity index (χ2v) is 7.46. The first-order chi connectivity index (χ1) is 12.2. The van der Waals surface area contributed by atoms with Crippen LogP contribution in [0, 0.1) is 5.82 Å². The molecule has 0 saturated carbocycles. The predicted molar refractivity (Wildman–Crippen MR) is 102 cm³/mol. The minimum atomic E-state index is -0.203.